The number of hydrogen-bond acceptors (Lipinski definition) is 4. The SMILES string of the molecule is CC.CC.O=C(/C=C/c1ccc(Sc2ccccn2)s1)Nc1cccc(Cl)c1. The van der Waals surface area contributed by atoms with E-state index in [1.54, 1.807) is 59.6 Å². The van der Waals surface area contributed by atoms with Gasteiger partial charge in [-0.15, -0.1) is 11.3 Å². The highest BCUT2D eigenvalue weighted by atomic mass is 35.5. The minimum atomic E-state index is -0.190. The van der Waals surface area contributed by atoms with Crippen molar-refractivity contribution in [2.75, 3.05) is 5.32 Å². The predicted octanol–water partition coefficient (Wildman–Crippen LogP) is 7.65. The van der Waals surface area contributed by atoms with Crippen LogP contribution < -0.4 is 5.32 Å². The molecule has 0 saturated carbocycles. The molecule has 2 heterocycles. The van der Waals surface area contributed by atoms with Gasteiger partial charge in [-0.3, -0.25) is 4.79 Å². The highest BCUT2D eigenvalue weighted by molar-refractivity contribution is 8.01. The lowest BCUT2D eigenvalue weighted by Crippen LogP contribution is -2.07. The van der Waals surface area contributed by atoms with Gasteiger partial charge in [-0.25, -0.2) is 4.98 Å². The molecule has 6 heteroatoms. The van der Waals surface area contributed by atoms with Crippen LogP contribution >= 0.6 is 34.7 Å². The molecule has 148 valence electrons. The molecular formula is C22H25ClN2OS2. The molecule has 0 unspecified atom stereocenters. The smallest absolute Gasteiger partial charge is 0.248 e. The maximum absolute atomic E-state index is 11.9. The first kappa shape index (κ1) is 24.0. The number of nitrogens with one attached hydrogen (secondary N) is 1. The minimum absolute atomic E-state index is 0.190. The second-order valence-corrected chi connectivity index (χ2v) is 7.63. The summed E-state index contributed by atoms with van der Waals surface area (Å²) < 4.78 is 1.13. The van der Waals surface area contributed by atoms with E-state index < -0.39 is 0 Å². The zero-order chi connectivity index (χ0) is 20.8. The lowest BCUT2D eigenvalue weighted by molar-refractivity contribution is -0.111. The monoisotopic (exact) mass is 432 g/mol. The fraction of sp³-hybridized carbons (Fsp3) is 0.182. The zero-order valence-electron chi connectivity index (χ0n) is 16.5. The standard InChI is InChI=1S/C18H13ClN2OS2.2C2H6/c19-13-4-3-5-14(12-13)21-16(22)9-7-15-8-10-18(23-15)24-17-6-1-2-11-20-17;2*1-2/h1-12H,(H,21,22);2*1-2H3/b9-7+;;. The lowest BCUT2D eigenvalue weighted by atomic mass is 10.3. The number of hydrogen-bond donors (Lipinski definition) is 1. The predicted molar refractivity (Wildman–Crippen MR) is 124 cm³/mol. The highest BCUT2D eigenvalue weighted by Gasteiger charge is 2.03. The highest BCUT2D eigenvalue weighted by Crippen LogP contribution is 2.32. The minimum Gasteiger partial charge on any atom is -0.322 e. The van der Waals surface area contributed by atoms with Gasteiger partial charge in [0.05, 0.1) is 4.21 Å². The van der Waals surface area contributed by atoms with Crippen molar-refractivity contribution in [1.82, 2.24) is 4.98 Å². The fourth-order valence-electron chi connectivity index (χ4n) is 1.90. The number of halogens is 1. The van der Waals surface area contributed by atoms with E-state index in [2.05, 4.69) is 10.3 Å². The Morgan fingerprint density at radius 3 is 2.54 bits per heavy atom. The molecule has 0 radical (unpaired) electrons. The molecule has 0 bridgehead atoms. The van der Waals surface area contributed by atoms with Crippen LogP contribution in [-0.4, -0.2) is 10.9 Å². The summed E-state index contributed by atoms with van der Waals surface area (Å²) >= 11 is 9.11. The molecule has 1 amide bonds. The second kappa shape index (κ2) is 14.0. The molecular weight excluding hydrogens is 408 g/mol. The Bertz CT molecular complexity index is 864. The number of carbonyl (C=O) groups is 1. The number of nitrogens with zero attached hydrogens (tertiary/aromatic N) is 1. The molecule has 0 atom stereocenters. The van der Waals surface area contributed by atoms with Gasteiger partial charge in [0.15, 0.2) is 0 Å². The van der Waals surface area contributed by atoms with E-state index in [0.717, 1.165) is 14.1 Å². The van der Waals surface area contributed by atoms with E-state index >= 15 is 0 Å². The van der Waals surface area contributed by atoms with Gasteiger partial charge in [0, 0.05) is 27.9 Å². The average molecular weight is 433 g/mol. The Hall–Kier alpha value is -2.08. The molecule has 0 aliphatic carbocycles. The van der Waals surface area contributed by atoms with Crippen LogP contribution in [0.3, 0.4) is 0 Å². The maximum Gasteiger partial charge on any atom is 0.248 e. The maximum atomic E-state index is 11.9. The number of amides is 1. The first-order valence-corrected chi connectivity index (χ1v) is 11.1. The van der Waals surface area contributed by atoms with Gasteiger partial charge in [0.1, 0.15) is 5.03 Å². The van der Waals surface area contributed by atoms with Gasteiger partial charge in [-0.2, -0.15) is 0 Å². The van der Waals surface area contributed by atoms with Gasteiger partial charge in [0.25, 0.3) is 0 Å². The van der Waals surface area contributed by atoms with Gasteiger partial charge < -0.3 is 5.32 Å². The number of aromatic nitrogens is 1. The average Bonchev–Trinajstić information content (AvgIpc) is 3.18. The number of rotatable bonds is 5. The Labute approximate surface area is 180 Å². The van der Waals surface area contributed by atoms with Gasteiger partial charge in [-0.05, 0) is 48.5 Å². The third-order valence-corrected chi connectivity index (χ3v) is 5.30. The summed E-state index contributed by atoms with van der Waals surface area (Å²) in [5.41, 5.74) is 0.676. The van der Waals surface area contributed by atoms with E-state index in [1.165, 1.54) is 6.08 Å². The largest absolute Gasteiger partial charge is 0.322 e. The quantitative estimate of drug-likeness (QED) is 0.421. The van der Waals surface area contributed by atoms with Crippen LogP contribution in [0.5, 0.6) is 0 Å². The number of anilines is 1. The van der Waals surface area contributed by atoms with Crippen LogP contribution in [0, 0.1) is 0 Å². The van der Waals surface area contributed by atoms with Crippen molar-refractivity contribution in [3.05, 3.63) is 76.8 Å². The van der Waals surface area contributed by atoms with Crippen LogP contribution in [0.1, 0.15) is 32.6 Å². The number of benzene rings is 1. The van der Waals surface area contributed by atoms with Gasteiger partial charge in [-0.1, -0.05) is 63.2 Å². The third-order valence-electron chi connectivity index (χ3n) is 2.94. The van der Waals surface area contributed by atoms with Gasteiger partial charge >= 0.3 is 0 Å². The van der Waals surface area contributed by atoms with Crippen molar-refractivity contribution >= 4 is 52.4 Å². The van der Waals surface area contributed by atoms with Crippen LogP contribution in [0.25, 0.3) is 6.08 Å². The van der Waals surface area contributed by atoms with Crippen LogP contribution in [0.4, 0.5) is 5.69 Å². The summed E-state index contributed by atoms with van der Waals surface area (Å²) in [6.07, 6.45) is 5.09. The molecule has 28 heavy (non-hydrogen) atoms. The van der Waals surface area contributed by atoms with Crippen molar-refractivity contribution in [2.24, 2.45) is 0 Å². The van der Waals surface area contributed by atoms with E-state index in [9.17, 15) is 4.79 Å². The van der Waals surface area contributed by atoms with Gasteiger partial charge in [0.2, 0.25) is 5.91 Å². The normalized spacial score (nSPS) is 9.75. The summed E-state index contributed by atoms with van der Waals surface area (Å²) in [5, 5.41) is 4.32. The Morgan fingerprint density at radius 1 is 1.07 bits per heavy atom. The first-order valence-electron chi connectivity index (χ1n) is 9.12. The number of carbonyl (C=O) groups excluding carboxylic acids is 1. The van der Waals surface area contributed by atoms with E-state index in [-0.39, 0.29) is 5.91 Å². The molecule has 3 rings (SSSR count). The first-order chi connectivity index (χ1) is 13.7. The van der Waals surface area contributed by atoms with Crippen LogP contribution in [0.15, 0.2) is 76.1 Å². The molecule has 0 fully saturated rings. The summed E-state index contributed by atoms with van der Waals surface area (Å²) in [6, 6.07) is 16.9. The molecule has 2 aromatic heterocycles. The summed E-state index contributed by atoms with van der Waals surface area (Å²) in [4.78, 5) is 17.2. The lowest BCUT2D eigenvalue weighted by Gasteiger charge is -2.01. The molecule has 3 nitrogen and oxygen atoms in total. The topological polar surface area (TPSA) is 42.0 Å². The summed E-state index contributed by atoms with van der Waals surface area (Å²) in [6.45, 7) is 8.00. The Balaban J connectivity index is 0.000000921. The molecule has 0 spiro atoms. The van der Waals surface area contributed by atoms with Crippen molar-refractivity contribution in [3.63, 3.8) is 0 Å². The third kappa shape index (κ3) is 8.74. The molecule has 1 N–H and O–H groups in total. The van der Waals surface area contributed by atoms with Crippen molar-refractivity contribution < 1.29 is 4.79 Å². The summed E-state index contributed by atoms with van der Waals surface area (Å²) in [7, 11) is 0. The molecule has 0 aliphatic rings. The zero-order valence-corrected chi connectivity index (χ0v) is 18.9. The fourth-order valence-corrected chi connectivity index (χ4v) is 4.04. The van der Waals surface area contributed by atoms with Crippen molar-refractivity contribution in [2.45, 2.75) is 36.9 Å². The molecule has 0 saturated heterocycles. The van der Waals surface area contributed by atoms with E-state index in [0.29, 0.717) is 10.7 Å². The van der Waals surface area contributed by atoms with E-state index in [4.69, 9.17) is 11.6 Å². The number of pyridine rings is 1. The molecule has 1 aromatic carbocycles. The van der Waals surface area contributed by atoms with E-state index in [1.807, 2.05) is 58.0 Å². The second-order valence-electron chi connectivity index (χ2n) is 4.76. The van der Waals surface area contributed by atoms with Crippen LogP contribution in [-0.2, 0) is 4.79 Å². The Kier molecular flexibility index (Phi) is 12.0. The Morgan fingerprint density at radius 2 is 1.86 bits per heavy atom. The van der Waals surface area contributed by atoms with Crippen LogP contribution in [0.2, 0.25) is 5.02 Å². The molecule has 3 aromatic rings. The number of thiophene rings is 1. The molecule has 0 aliphatic heterocycles. The van der Waals surface area contributed by atoms with Crippen molar-refractivity contribution in [1.29, 1.82) is 0 Å². The van der Waals surface area contributed by atoms with Crippen molar-refractivity contribution in [3.8, 4) is 0 Å². The summed E-state index contributed by atoms with van der Waals surface area (Å²) in [5.74, 6) is -0.190.